The standard InChI is InChI=1S/C41H48FN6O7PS/c1-4-19-54-41(52)26(3)46-56(53,55-31-9-6-5-7-10-31)36(42)27-12-16-34-28(21-27)22-35(57-34)38(49)45-32-14-11-25(2)20-30-13-15-33(48(30)39(32)50)40(51)47-23-29(24-47)37-43-17-8-18-44-37/h5-10,12,16-18,21-22,25-26,29-30,32-33,36H,4,11,13-15,19-20,23-24H2,1-3H3,(H,45,49)(H,46,53)/t25-,26+,30-,32+,33+,36?,56?/m1/s1. The molecule has 3 amide bonds. The van der Waals surface area contributed by atoms with Crippen LogP contribution in [0.25, 0.3) is 10.1 Å². The molecule has 3 aliphatic heterocycles. The maximum absolute atomic E-state index is 16.5. The SMILES string of the molecule is CCCOC(=O)[C@H](C)NP(=O)(Oc1ccccc1)C(F)c1ccc2sc(C(=O)N[C@H]3CC[C@@H](C)C[C@H]4CC[C@@H](C(=O)N5CC(c6ncccn6)C5)N4C3=O)cc2c1. The maximum Gasteiger partial charge on any atom is 0.355 e. The molecule has 2 N–H and O–H groups in total. The number of aromatic nitrogens is 2. The van der Waals surface area contributed by atoms with Gasteiger partial charge in [-0.05, 0) is 98.7 Å². The number of hydrogen-bond donors (Lipinski definition) is 2. The van der Waals surface area contributed by atoms with Crippen LogP contribution in [0.5, 0.6) is 5.75 Å². The Hall–Kier alpha value is -4.72. The second-order valence-corrected chi connectivity index (χ2v) is 18.4. The molecular weight excluding hydrogens is 771 g/mol. The van der Waals surface area contributed by atoms with E-state index in [1.54, 1.807) is 70.7 Å². The van der Waals surface area contributed by atoms with Crippen molar-refractivity contribution in [2.24, 2.45) is 5.92 Å². The van der Waals surface area contributed by atoms with Crippen molar-refractivity contribution in [3.05, 3.63) is 89.3 Å². The number of ether oxygens (including phenoxy) is 1. The highest BCUT2D eigenvalue weighted by Gasteiger charge is 2.48. The molecule has 3 saturated heterocycles. The van der Waals surface area contributed by atoms with Gasteiger partial charge >= 0.3 is 13.5 Å². The number of benzene rings is 2. The molecule has 0 aliphatic carbocycles. The number of carbonyl (C=O) groups excluding carboxylic acids is 4. The molecule has 4 aromatic rings. The van der Waals surface area contributed by atoms with Gasteiger partial charge < -0.3 is 24.4 Å². The fourth-order valence-electron chi connectivity index (χ4n) is 7.89. The van der Waals surface area contributed by atoms with E-state index in [0.717, 1.165) is 19.3 Å². The molecule has 302 valence electrons. The first-order chi connectivity index (χ1) is 27.4. The Bertz CT molecular complexity index is 2140. The molecule has 3 fully saturated rings. The minimum Gasteiger partial charge on any atom is -0.465 e. The number of nitrogens with zero attached hydrogens (tertiary/aromatic N) is 4. The minimum absolute atomic E-state index is 0.0259. The number of hydrogen-bond acceptors (Lipinski definition) is 10. The summed E-state index contributed by atoms with van der Waals surface area (Å²) in [5.74, 6) is -2.45. The van der Waals surface area contributed by atoms with Crippen molar-refractivity contribution in [1.29, 1.82) is 0 Å². The van der Waals surface area contributed by atoms with Crippen molar-refractivity contribution in [3.8, 4) is 5.75 Å². The van der Waals surface area contributed by atoms with Gasteiger partial charge in [0.25, 0.3) is 5.91 Å². The molecule has 16 heteroatoms. The normalized spacial score (nSPS) is 23.3. The summed E-state index contributed by atoms with van der Waals surface area (Å²) in [4.78, 5) is 67.0. The van der Waals surface area contributed by atoms with Gasteiger partial charge in [-0.25, -0.2) is 19.4 Å². The van der Waals surface area contributed by atoms with Crippen LogP contribution < -0.4 is 14.9 Å². The highest BCUT2D eigenvalue weighted by molar-refractivity contribution is 7.57. The third-order valence-electron chi connectivity index (χ3n) is 10.9. The van der Waals surface area contributed by atoms with Crippen molar-refractivity contribution in [2.75, 3.05) is 19.7 Å². The third kappa shape index (κ3) is 8.90. The average Bonchev–Trinajstić information content (AvgIpc) is 3.81. The summed E-state index contributed by atoms with van der Waals surface area (Å²) in [6, 6.07) is 13.5. The first-order valence-electron chi connectivity index (χ1n) is 19.6. The summed E-state index contributed by atoms with van der Waals surface area (Å²) in [7, 11) is -4.44. The molecule has 13 nitrogen and oxygen atoms in total. The van der Waals surface area contributed by atoms with Crippen LogP contribution in [0.2, 0.25) is 0 Å². The molecule has 0 saturated carbocycles. The molecule has 3 aliphatic rings. The van der Waals surface area contributed by atoms with E-state index in [9.17, 15) is 23.7 Å². The van der Waals surface area contributed by atoms with Gasteiger partial charge in [-0.15, -0.1) is 11.3 Å². The van der Waals surface area contributed by atoms with Crippen molar-refractivity contribution in [2.45, 2.75) is 95.3 Å². The summed E-state index contributed by atoms with van der Waals surface area (Å²) in [5.41, 5.74) is 0.0259. The van der Waals surface area contributed by atoms with Gasteiger partial charge in [-0.2, -0.15) is 0 Å². The van der Waals surface area contributed by atoms with Crippen LogP contribution in [0.4, 0.5) is 4.39 Å². The highest BCUT2D eigenvalue weighted by Crippen LogP contribution is 2.58. The Morgan fingerprint density at radius 3 is 2.51 bits per heavy atom. The van der Waals surface area contributed by atoms with Crippen LogP contribution in [-0.4, -0.2) is 87.3 Å². The number of halogens is 1. The molecule has 0 bridgehead atoms. The van der Waals surface area contributed by atoms with Crippen LogP contribution in [-0.2, 0) is 23.7 Å². The number of fused-ring (bicyclic) bond motifs is 2. The predicted molar refractivity (Wildman–Crippen MR) is 213 cm³/mol. The van der Waals surface area contributed by atoms with E-state index in [1.807, 2.05) is 6.92 Å². The summed E-state index contributed by atoms with van der Waals surface area (Å²) in [5, 5.41) is 6.09. The summed E-state index contributed by atoms with van der Waals surface area (Å²) in [6.45, 7) is 6.58. The second kappa shape index (κ2) is 17.4. The van der Waals surface area contributed by atoms with Gasteiger partial charge in [0.05, 0.1) is 17.4 Å². The number of alkyl halides is 1. The molecule has 2 unspecified atom stereocenters. The average molecular weight is 819 g/mol. The Morgan fingerprint density at radius 2 is 1.77 bits per heavy atom. The fraction of sp³-hybridized carbons (Fsp3) is 0.463. The van der Waals surface area contributed by atoms with Crippen molar-refractivity contribution in [1.82, 2.24) is 30.2 Å². The van der Waals surface area contributed by atoms with E-state index in [2.05, 4.69) is 27.3 Å². The topological polar surface area (TPSA) is 160 Å². The first kappa shape index (κ1) is 40.5. The summed E-state index contributed by atoms with van der Waals surface area (Å²) in [6.07, 6.45) is 7.24. The largest absolute Gasteiger partial charge is 0.465 e. The predicted octanol–water partition coefficient (Wildman–Crippen LogP) is 6.77. The van der Waals surface area contributed by atoms with Crippen molar-refractivity contribution < 1.29 is 37.4 Å². The van der Waals surface area contributed by atoms with Gasteiger partial charge in [0.15, 0.2) is 0 Å². The number of amides is 3. The van der Waals surface area contributed by atoms with Gasteiger partial charge in [0.2, 0.25) is 17.7 Å². The molecule has 2 aromatic heterocycles. The quantitative estimate of drug-likeness (QED) is 0.109. The van der Waals surface area contributed by atoms with Crippen molar-refractivity contribution in [3.63, 3.8) is 0 Å². The van der Waals surface area contributed by atoms with E-state index in [1.165, 1.54) is 30.4 Å². The zero-order valence-electron chi connectivity index (χ0n) is 32.2. The lowest BCUT2D eigenvalue weighted by atomic mass is 9.90. The molecule has 57 heavy (non-hydrogen) atoms. The molecule has 7 atom stereocenters. The lowest BCUT2D eigenvalue weighted by Gasteiger charge is -2.42. The molecule has 0 spiro atoms. The number of likely N-dealkylation sites (tertiary alicyclic amines) is 1. The maximum atomic E-state index is 16.5. The summed E-state index contributed by atoms with van der Waals surface area (Å²) >= 11 is 1.19. The van der Waals surface area contributed by atoms with Gasteiger partial charge in [-0.1, -0.05) is 38.1 Å². The fourth-order valence-corrected chi connectivity index (χ4v) is 10.7. The van der Waals surface area contributed by atoms with E-state index in [4.69, 9.17) is 9.26 Å². The van der Waals surface area contributed by atoms with E-state index in [0.29, 0.717) is 59.1 Å². The van der Waals surface area contributed by atoms with E-state index < -0.39 is 43.4 Å². The van der Waals surface area contributed by atoms with E-state index in [-0.39, 0.29) is 41.7 Å². The Labute approximate surface area is 335 Å². The zero-order valence-corrected chi connectivity index (χ0v) is 33.9. The minimum atomic E-state index is -4.44. The zero-order chi connectivity index (χ0) is 40.3. The van der Waals surface area contributed by atoms with Gasteiger partial charge in [0, 0.05) is 36.2 Å². The number of para-hydroxylation sites is 1. The number of carbonyl (C=O) groups is 4. The van der Waals surface area contributed by atoms with Crippen LogP contribution in [0.15, 0.2) is 73.1 Å². The molecule has 7 rings (SSSR count). The van der Waals surface area contributed by atoms with E-state index >= 15 is 4.39 Å². The van der Waals surface area contributed by atoms with Gasteiger partial charge in [0.1, 0.15) is 29.7 Å². The first-order valence-corrected chi connectivity index (χ1v) is 22.1. The number of esters is 1. The lowest BCUT2D eigenvalue weighted by Crippen LogP contribution is -2.60. The molecular formula is C41H48FN6O7PS. The number of thiophene rings is 1. The summed E-state index contributed by atoms with van der Waals surface area (Å²) < 4.78 is 42.4. The highest BCUT2D eigenvalue weighted by atomic mass is 32.1. The smallest absolute Gasteiger partial charge is 0.355 e. The Morgan fingerprint density at radius 1 is 1.02 bits per heavy atom. The molecule has 2 aromatic carbocycles. The van der Waals surface area contributed by atoms with Crippen LogP contribution in [0.3, 0.4) is 0 Å². The lowest BCUT2D eigenvalue weighted by molar-refractivity contribution is -0.150. The van der Waals surface area contributed by atoms with Gasteiger partial charge in [-0.3, -0.25) is 23.7 Å². The molecule has 0 radical (unpaired) electrons. The number of nitrogens with one attached hydrogen (secondary N) is 2. The number of rotatable bonds is 13. The Kier molecular flexibility index (Phi) is 12.4. The third-order valence-corrected chi connectivity index (χ3v) is 14.1. The van der Waals surface area contributed by atoms with Crippen LogP contribution in [0.1, 0.15) is 92.2 Å². The Balaban J connectivity index is 1.06. The van der Waals surface area contributed by atoms with Crippen LogP contribution >= 0.6 is 18.9 Å². The van der Waals surface area contributed by atoms with Crippen LogP contribution in [0, 0.1) is 5.92 Å². The second-order valence-electron chi connectivity index (χ2n) is 15.2. The monoisotopic (exact) mass is 818 g/mol. The van der Waals surface area contributed by atoms with Crippen molar-refractivity contribution >= 4 is 52.6 Å². The molecule has 5 heterocycles.